The Balaban J connectivity index is 3.98. The van der Waals surface area contributed by atoms with Crippen LogP contribution in [-0.4, -0.2) is 41.0 Å². The van der Waals surface area contributed by atoms with Crippen LogP contribution in [0.2, 0.25) is 0 Å². The van der Waals surface area contributed by atoms with E-state index in [2.05, 4.69) is 30.5 Å². The number of carbonyl (C=O) groups excluding carboxylic acids is 2. The minimum Gasteiger partial charge on any atom is -0.462 e. The molecule has 0 aromatic rings. The van der Waals surface area contributed by atoms with Crippen molar-refractivity contribution in [2.75, 3.05) is 13.2 Å². The van der Waals surface area contributed by atoms with Crippen LogP contribution in [-0.2, 0) is 28.2 Å². The van der Waals surface area contributed by atoms with Crippen LogP contribution < -0.4 is 0 Å². The minimum atomic E-state index is -4.74. The Morgan fingerprint density at radius 3 is 1.49 bits per heavy atom. The van der Waals surface area contributed by atoms with Gasteiger partial charge in [0.1, 0.15) is 6.61 Å². The third kappa shape index (κ3) is 33.5. The summed E-state index contributed by atoms with van der Waals surface area (Å²) in [5, 5.41) is 0. The van der Waals surface area contributed by atoms with Gasteiger partial charge in [-0.2, -0.15) is 0 Å². The number of phosphoric ester groups is 1. The number of rotatable bonds is 32. The number of phosphoric acid groups is 1. The molecular formula is C34H65O8P. The first-order chi connectivity index (χ1) is 20.8. The van der Waals surface area contributed by atoms with E-state index < -0.39 is 32.5 Å². The first-order valence-electron chi connectivity index (χ1n) is 17.5. The lowest BCUT2D eigenvalue weighted by molar-refractivity contribution is -0.161. The van der Waals surface area contributed by atoms with E-state index in [4.69, 9.17) is 19.3 Å². The maximum atomic E-state index is 12.3. The van der Waals surface area contributed by atoms with Crippen LogP contribution >= 0.6 is 7.82 Å². The number of carbonyl (C=O) groups is 2. The molecule has 0 amide bonds. The Morgan fingerprint density at radius 1 is 0.581 bits per heavy atom. The van der Waals surface area contributed by atoms with Crippen LogP contribution in [0, 0.1) is 0 Å². The van der Waals surface area contributed by atoms with Crippen LogP contribution in [0.15, 0.2) is 12.2 Å². The highest BCUT2D eigenvalue weighted by Crippen LogP contribution is 2.36. The highest BCUT2D eigenvalue weighted by molar-refractivity contribution is 7.46. The quantitative estimate of drug-likeness (QED) is 0.0325. The predicted molar refractivity (Wildman–Crippen MR) is 175 cm³/mol. The molecule has 0 radical (unpaired) electrons. The Bertz CT molecular complexity index is 721. The number of ether oxygens (including phenoxy) is 2. The van der Waals surface area contributed by atoms with Crippen LogP contribution in [0.25, 0.3) is 0 Å². The fourth-order valence-electron chi connectivity index (χ4n) is 4.88. The maximum Gasteiger partial charge on any atom is 0.469 e. The Labute approximate surface area is 263 Å². The van der Waals surface area contributed by atoms with Gasteiger partial charge < -0.3 is 19.3 Å². The summed E-state index contributed by atoms with van der Waals surface area (Å²) < 4.78 is 26.2. The summed E-state index contributed by atoms with van der Waals surface area (Å²) in [5.74, 6) is -0.891. The molecule has 2 N–H and O–H groups in total. The zero-order chi connectivity index (χ0) is 31.9. The summed E-state index contributed by atoms with van der Waals surface area (Å²) in [7, 11) is -4.74. The number of allylic oxidation sites excluding steroid dienone is 2. The van der Waals surface area contributed by atoms with E-state index in [1.165, 1.54) is 77.0 Å². The second-order valence-electron chi connectivity index (χ2n) is 11.8. The largest absolute Gasteiger partial charge is 0.469 e. The van der Waals surface area contributed by atoms with Crippen molar-refractivity contribution in [2.45, 2.75) is 180 Å². The van der Waals surface area contributed by atoms with Crippen LogP contribution in [0.5, 0.6) is 0 Å². The topological polar surface area (TPSA) is 119 Å². The van der Waals surface area contributed by atoms with E-state index in [9.17, 15) is 14.2 Å². The van der Waals surface area contributed by atoms with Crippen molar-refractivity contribution >= 4 is 19.8 Å². The van der Waals surface area contributed by atoms with Crippen LogP contribution in [0.4, 0.5) is 0 Å². The second kappa shape index (κ2) is 30.8. The smallest absolute Gasteiger partial charge is 0.462 e. The summed E-state index contributed by atoms with van der Waals surface area (Å²) in [6, 6.07) is 0. The van der Waals surface area contributed by atoms with E-state index >= 15 is 0 Å². The molecule has 0 unspecified atom stereocenters. The highest BCUT2D eigenvalue weighted by atomic mass is 31.2. The fourth-order valence-corrected chi connectivity index (χ4v) is 5.24. The molecule has 9 heteroatoms. The third-order valence-electron chi connectivity index (χ3n) is 7.53. The summed E-state index contributed by atoms with van der Waals surface area (Å²) in [6.45, 7) is 3.62. The van der Waals surface area contributed by atoms with Gasteiger partial charge in [-0.1, -0.05) is 142 Å². The van der Waals surface area contributed by atoms with Crippen molar-refractivity contribution in [3.8, 4) is 0 Å². The standard InChI is InChI=1S/C34H65O8P/c1-3-5-7-9-11-13-15-16-17-19-21-23-25-27-29-34(36)42-32(31-41-43(37,38)39)30-40-33(35)28-26-24-22-20-18-14-12-10-8-6-4-2/h10,12,32H,3-9,11,13-31H2,1-2H3,(H2,37,38,39)/b12-10-/t32-/m1/s1. The molecular weight excluding hydrogens is 567 g/mol. The third-order valence-corrected chi connectivity index (χ3v) is 8.02. The van der Waals surface area contributed by atoms with Gasteiger partial charge in [-0.05, 0) is 32.1 Å². The van der Waals surface area contributed by atoms with Gasteiger partial charge in [0, 0.05) is 12.8 Å². The Hall–Kier alpha value is -1.21. The maximum absolute atomic E-state index is 12.3. The summed E-state index contributed by atoms with van der Waals surface area (Å²) in [6.07, 6.45) is 30.8. The van der Waals surface area contributed by atoms with Crippen molar-refractivity contribution < 1.29 is 37.9 Å². The average Bonchev–Trinajstić information content (AvgIpc) is 2.97. The molecule has 0 aliphatic heterocycles. The van der Waals surface area contributed by atoms with Crippen molar-refractivity contribution in [1.82, 2.24) is 0 Å². The molecule has 0 spiro atoms. The van der Waals surface area contributed by atoms with Gasteiger partial charge in [-0.25, -0.2) is 4.57 Å². The fraction of sp³-hybridized carbons (Fsp3) is 0.882. The molecule has 0 aliphatic rings. The number of hydrogen-bond donors (Lipinski definition) is 2. The molecule has 0 aromatic heterocycles. The lowest BCUT2D eigenvalue weighted by atomic mass is 10.0. The lowest BCUT2D eigenvalue weighted by Gasteiger charge is -2.18. The summed E-state index contributed by atoms with van der Waals surface area (Å²) >= 11 is 0. The number of esters is 2. The highest BCUT2D eigenvalue weighted by Gasteiger charge is 2.22. The molecule has 0 aliphatic carbocycles. The monoisotopic (exact) mass is 632 g/mol. The molecule has 0 saturated heterocycles. The van der Waals surface area contributed by atoms with Gasteiger partial charge in [0.2, 0.25) is 0 Å². The van der Waals surface area contributed by atoms with Gasteiger partial charge >= 0.3 is 19.8 Å². The molecule has 0 rings (SSSR count). The number of hydrogen-bond acceptors (Lipinski definition) is 6. The van der Waals surface area contributed by atoms with Crippen molar-refractivity contribution in [1.29, 1.82) is 0 Å². The Morgan fingerprint density at radius 2 is 1.00 bits per heavy atom. The molecule has 8 nitrogen and oxygen atoms in total. The van der Waals surface area contributed by atoms with Gasteiger partial charge in [0.25, 0.3) is 0 Å². The van der Waals surface area contributed by atoms with Crippen molar-refractivity contribution in [3.63, 3.8) is 0 Å². The van der Waals surface area contributed by atoms with E-state index in [1.54, 1.807) is 0 Å². The molecule has 0 bridgehead atoms. The minimum absolute atomic E-state index is 0.215. The van der Waals surface area contributed by atoms with Gasteiger partial charge in [-0.3, -0.25) is 14.1 Å². The molecule has 254 valence electrons. The Kier molecular flexibility index (Phi) is 29.9. The van der Waals surface area contributed by atoms with Gasteiger partial charge in [-0.15, -0.1) is 0 Å². The molecule has 43 heavy (non-hydrogen) atoms. The van der Waals surface area contributed by atoms with Gasteiger partial charge in [0.15, 0.2) is 6.10 Å². The SMILES string of the molecule is CCCC/C=C\CCCCCCCC(=O)OC[C@H](COP(=O)(O)O)OC(=O)CCCCCCCCCCCCCCCC. The second-order valence-corrected chi connectivity index (χ2v) is 13.1. The molecule has 0 saturated carbocycles. The zero-order valence-corrected chi connectivity index (χ0v) is 28.5. The molecule has 0 fully saturated rings. The average molecular weight is 633 g/mol. The van der Waals surface area contributed by atoms with E-state index in [0.29, 0.717) is 12.8 Å². The van der Waals surface area contributed by atoms with Crippen molar-refractivity contribution in [2.24, 2.45) is 0 Å². The van der Waals surface area contributed by atoms with Crippen LogP contribution in [0.1, 0.15) is 174 Å². The normalized spacial score (nSPS) is 12.6. The lowest BCUT2D eigenvalue weighted by Crippen LogP contribution is -2.29. The number of unbranched alkanes of at least 4 members (excludes halogenated alkanes) is 20. The predicted octanol–water partition coefficient (Wildman–Crippen LogP) is 9.90. The van der Waals surface area contributed by atoms with E-state index in [0.717, 1.165) is 57.8 Å². The first kappa shape index (κ1) is 41.8. The van der Waals surface area contributed by atoms with Gasteiger partial charge in [0.05, 0.1) is 6.61 Å². The molecule has 0 heterocycles. The summed E-state index contributed by atoms with van der Waals surface area (Å²) in [4.78, 5) is 42.5. The molecule has 1 atom stereocenters. The molecule has 0 aromatic carbocycles. The van der Waals surface area contributed by atoms with E-state index in [1.807, 2.05) is 0 Å². The first-order valence-corrected chi connectivity index (χ1v) is 19.0. The van der Waals surface area contributed by atoms with E-state index in [-0.39, 0.29) is 19.4 Å². The van der Waals surface area contributed by atoms with Crippen molar-refractivity contribution in [3.05, 3.63) is 12.2 Å². The van der Waals surface area contributed by atoms with Crippen LogP contribution in [0.3, 0.4) is 0 Å². The zero-order valence-electron chi connectivity index (χ0n) is 27.6. The summed E-state index contributed by atoms with van der Waals surface area (Å²) in [5.41, 5.74) is 0.